The second kappa shape index (κ2) is 9.62. The summed E-state index contributed by atoms with van der Waals surface area (Å²) in [6, 6.07) is 10.6. The summed E-state index contributed by atoms with van der Waals surface area (Å²) in [4.78, 5) is 38.1. The van der Waals surface area contributed by atoms with Crippen molar-refractivity contribution in [1.29, 1.82) is 0 Å². The molecule has 1 heterocycles. The van der Waals surface area contributed by atoms with E-state index in [9.17, 15) is 27.6 Å². The van der Waals surface area contributed by atoms with E-state index in [-0.39, 0.29) is 31.1 Å². The Balaban J connectivity index is 1.80. The van der Waals surface area contributed by atoms with Crippen molar-refractivity contribution in [3.05, 3.63) is 59.2 Å². The third-order valence-corrected chi connectivity index (χ3v) is 5.04. The van der Waals surface area contributed by atoms with Gasteiger partial charge in [0.25, 0.3) is 5.91 Å². The molecule has 0 fully saturated rings. The van der Waals surface area contributed by atoms with Gasteiger partial charge in [-0.15, -0.1) is 0 Å². The average molecular weight is 480 g/mol. The SMILES string of the molecule is COC(=O)c1cc2c(cc1C(F)(F)F)OC(C)(C)C(=O)N2CCNC(=O)OCc1ccccc1. The van der Waals surface area contributed by atoms with Gasteiger partial charge < -0.3 is 24.4 Å². The van der Waals surface area contributed by atoms with Crippen LogP contribution in [0, 0.1) is 0 Å². The molecule has 2 aromatic carbocycles. The van der Waals surface area contributed by atoms with Crippen molar-refractivity contribution in [2.45, 2.75) is 32.2 Å². The Morgan fingerprint density at radius 3 is 2.44 bits per heavy atom. The summed E-state index contributed by atoms with van der Waals surface area (Å²) < 4.78 is 55.8. The van der Waals surface area contributed by atoms with Crippen LogP contribution in [0.15, 0.2) is 42.5 Å². The number of rotatable bonds is 6. The van der Waals surface area contributed by atoms with Crippen molar-refractivity contribution < 1.29 is 41.8 Å². The minimum absolute atomic E-state index is 0.0434. The Labute approximate surface area is 193 Å². The first-order valence-corrected chi connectivity index (χ1v) is 10.2. The minimum atomic E-state index is -4.86. The summed E-state index contributed by atoms with van der Waals surface area (Å²) in [6.07, 6.45) is -5.59. The molecule has 0 aliphatic carbocycles. The van der Waals surface area contributed by atoms with Gasteiger partial charge in [0.15, 0.2) is 5.60 Å². The number of benzene rings is 2. The molecule has 182 valence electrons. The van der Waals surface area contributed by atoms with Gasteiger partial charge in [0.2, 0.25) is 0 Å². The van der Waals surface area contributed by atoms with Crippen LogP contribution in [-0.2, 0) is 27.1 Å². The molecule has 0 spiro atoms. The van der Waals surface area contributed by atoms with Gasteiger partial charge in [0.05, 0.1) is 23.9 Å². The van der Waals surface area contributed by atoms with Gasteiger partial charge in [0.1, 0.15) is 12.4 Å². The standard InChI is InChI=1S/C23H23F3N2O6/c1-22(2)20(30)28(10-9-27-21(31)33-13-14-7-5-4-6-8-14)17-11-15(19(29)32-3)16(23(24,25)26)12-18(17)34-22/h4-8,11-12H,9-10,13H2,1-3H3,(H,27,31). The summed E-state index contributed by atoms with van der Waals surface area (Å²) in [5.41, 5.74) is -2.74. The number of alkyl halides is 3. The molecule has 0 unspecified atom stereocenters. The summed E-state index contributed by atoms with van der Waals surface area (Å²) in [6.45, 7) is 2.69. The molecule has 3 rings (SSSR count). The Morgan fingerprint density at radius 2 is 1.82 bits per heavy atom. The molecule has 0 bridgehead atoms. The van der Waals surface area contributed by atoms with Gasteiger partial charge in [-0.05, 0) is 31.5 Å². The van der Waals surface area contributed by atoms with E-state index in [1.807, 2.05) is 6.07 Å². The van der Waals surface area contributed by atoms with Crippen LogP contribution in [0.5, 0.6) is 5.75 Å². The van der Waals surface area contributed by atoms with Gasteiger partial charge in [0, 0.05) is 13.1 Å². The number of halogens is 3. The summed E-state index contributed by atoms with van der Waals surface area (Å²) in [5.74, 6) is -2.00. The van der Waals surface area contributed by atoms with Crippen LogP contribution >= 0.6 is 0 Å². The topological polar surface area (TPSA) is 94.2 Å². The molecule has 34 heavy (non-hydrogen) atoms. The number of fused-ring (bicyclic) bond motifs is 1. The number of amides is 2. The molecule has 0 radical (unpaired) electrons. The van der Waals surface area contributed by atoms with E-state index in [4.69, 9.17) is 9.47 Å². The lowest BCUT2D eigenvalue weighted by atomic mass is 9.99. The smallest absolute Gasteiger partial charge is 0.417 e. The molecule has 0 aromatic heterocycles. The highest BCUT2D eigenvalue weighted by Gasteiger charge is 2.44. The average Bonchev–Trinajstić information content (AvgIpc) is 2.79. The van der Waals surface area contributed by atoms with Crippen LogP contribution < -0.4 is 15.0 Å². The van der Waals surface area contributed by atoms with Gasteiger partial charge in [-0.3, -0.25) is 4.79 Å². The normalized spacial score (nSPS) is 14.6. The van der Waals surface area contributed by atoms with Crippen molar-refractivity contribution in [3.63, 3.8) is 0 Å². The first-order valence-electron chi connectivity index (χ1n) is 10.2. The predicted molar refractivity (Wildman–Crippen MR) is 114 cm³/mol. The number of hydrogen-bond acceptors (Lipinski definition) is 6. The highest BCUT2D eigenvalue weighted by atomic mass is 19.4. The zero-order chi connectivity index (χ0) is 25.1. The summed E-state index contributed by atoms with van der Waals surface area (Å²) >= 11 is 0. The Hall–Kier alpha value is -3.76. The second-order valence-electron chi connectivity index (χ2n) is 7.91. The fourth-order valence-electron chi connectivity index (χ4n) is 3.39. The molecule has 8 nitrogen and oxygen atoms in total. The molecule has 11 heteroatoms. The molecule has 2 aromatic rings. The van der Waals surface area contributed by atoms with Crippen LogP contribution in [0.4, 0.5) is 23.7 Å². The number of ether oxygens (including phenoxy) is 3. The molecule has 0 saturated carbocycles. The van der Waals surface area contributed by atoms with Gasteiger partial charge in [-0.1, -0.05) is 30.3 Å². The number of nitrogens with zero attached hydrogens (tertiary/aromatic N) is 1. The van der Waals surface area contributed by atoms with Crippen molar-refractivity contribution in [1.82, 2.24) is 5.32 Å². The second-order valence-corrected chi connectivity index (χ2v) is 7.91. The summed E-state index contributed by atoms with van der Waals surface area (Å²) in [5, 5.41) is 2.50. The van der Waals surface area contributed by atoms with Crippen LogP contribution in [0.1, 0.15) is 35.3 Å². The number of esters is 1. The van der Waals surface area contributed by atoms with Crippen molar-refractivity contribution >= 4 is 23.7 Å². The van der Waals surface area contributed by atoms with Crippen LogP contribution in [-0.4, -0.2) is 43.8 Å². The molecular formula is C23H23F3N2O6. The largest absolute Gasteiger partial charge is 0.476 e. The maximum absolute atomic E-state index is 13.6. The molecule has 0 saturated heterocycles. The van der Waals surface area contributed by atoms with Gasteiger partial charge in [-0.2, -0.15) is 13.2 Å². The quantitative estimate of drug-likeness (QED) is 0.630. The highest BCUT2D eigenvalue weighted by molar-refractivity contribution is 6.04. The third-order valence-electron chi connectivity index (χ3n) is 5.04. The van der Waals surface area contributed by atoms with Crippen LogP contribution in [0.2, 0.25) is 0 Å². The lowest BCUT2D eigenvalue weighted by molar-refractivity contribution is -0.138. The van der Waals surface area contributed by atoms with Crippen molar-refractivity contribution in [2.75, 3.05) is 25.1 Å². The van der Waals surface area contributed by atoms with E-state index in [1.54, 1.807) is 24.3 Å². The zero-order valence-electron chi connectivity index (χ0n) is 18.7. The van der Waals surface area contributed by atoms with Crippen molar-refractivity contribution in [2.24, 2.45) is 0 Å². The Bertz CT molecular complexity index is 1090. The maximum atomic E-state index is 13.6. The number of alkyl carbamates (subject to hydrolysis) is 1. The molecule has 2 amide bonds. The van der Waals surface area contributed by atoms with E-state index in [2.05, 4.69) is 10.1 Å². The lowest BCUT2D eigenvalue weighted by Gasteiger charge is -2.39. The molecular weight excluding hydrogens is 457 g/mol. The maximum Gasteiger partial charge on any atom is 0.417 e. The highest BCUT2D eigenvalue weighted by Crippen LogP contribution is 2.43. The van der Waals surface area contributed by atoms with Crippen LogP contribution in [0.25, 0.3) is 0 Å². The number of methoxy groups -OCH3 is 1. The Morgan fingerprint density at radius 1 is 1.15 bits per heavy atom. The van der Waals surface area contributed by atoms with Gasteiger partial charge in [-0.25, -0.2) is 9.59 Å². The number of carbonyl (C=O) groups excluding carboxylic acids is 3. The van der Waals surface area contributed by atoms with E-state index in [0.717, 1.165) is 23.6 Å². The molecule has 1 N–H and O–H groups in total. The number of carbonyl (C=O) groups is 3. The number of nitrogens with one attached hydrogen (secondary N) is 1. The molecule has 1 aliphatic rings. The fourth-order valence-corrected chi connectivity index (χ4v) is 3.39. The van der Waals surface area contributed by atoms with E-state index < -0.39 is 40.9 Å². The monoisotopic (exact) mass is 480 g/mol. The Kier molecular flexibility index (Phi) is 7.04. The zero-order valence-corrected chi connectivity index (χ0v) is 18.7. The van der Waals surface area contributed by atoms with E-state index in [1.165, 1.54) is 13.8 Å². The lowest BCUT2D eigenvalue weighted by Crippen LogP contribution is -2.54. The number of anilines is 1. The molecule has 0 atom stereocenters. The van der Waals surface area contributed by atoms with E-state index in [0.29, 0.717) is 6.07 Å². The van der Waals surface area contributed by atoms with Gasteiger partial charge >= 0.3 is 18.2 Å². The number of hydrogen-bond donors (Lipinski definition) is 1. The third kappa shape index (κ3) is 5.41. The summed E-state index contributed by atoms with van der Waals surface area (Å²) in [7, 11) is 0.954. The van der Waals surface area contributed by atoms with Crippen LogP contribution in [0.3, 0.4) is 0 Å². The fraction of sp³-hybridized carbons (Fsp3) is 0.348. The molecule has 1 aliphatic heterocycles. The predicted octanol–water partition coefficient (Wildman–Crippen LogP) is 3.92. The van der Waals surface area contributed by atoms with E-state index >= 15 is 0 Å². The first kappa shape index (κ1) is 24.9. The first-order chi connectivity index (χ1) is 15.9. The van der Waals surface area contributed by atoms with Crippen molar-refractivity contribution in [3.8, 4) is 5.75 Å². The minimum Gasteiger partial charge on any atom is -0.476 e.